The molecule has 0 saturated heterocycles. The number of rotatable bonds is 5. The standard InChI is InChI=1S/C18H29NO/c1-6-10-19-16-12-18(4,5)20-17-9-8-14(11-15(16)17)13(3)7-2/h8-9,11,13,16,19H,6-7,10,12H2,1-5H3. The lowest BCUT2D eigenvalue weighted by atomic mass is 9.87. The molecule has 0 aliphatic carbocycles. The molecule has 0 saturated carbocycles. The van der Waals surface area contributed by atoms with E-state index in [0.717, 1.165) is 25.1 Å². The molecular formula is C18H29NO. The molecule has 2 nitrogen and oxygen atoms in total. The number of hydrogen-bond acceptors (Lipinski definition) is 2. The van der Waals surface area contributed by atoms with Gasteiger partial charge < -0.3 is 10.1 Å². The van der Waals surface area contributed by atoms with E-state index in [2.05, 4.69) is 58.1 Å². The largest absolute Gasteiger partial charge is 0.487 e. The predicted molar refractivity (Wildman–Crippen MR) is 85.5 cm³/mol. The van der Waals surface area contributed by atoms with Crippen molar-refractivity contribution in [2.45, 2.75) is 71.4 Å². The van der Waals surface area contributed by atoms with Crippen molar-refractivity contribution < 1.29 is 4.74 Å². The Kier molecular flexibility index (Phi) is 4.74. The van der Waals surface area contributed by atoms with Crippen molar-refractivity contribution in [1.29, 1.82) is 0 Å². The fourth-order valence-electron chi connectivity index (χ4n) is 2.92. The number of hydrogen-bond donors (Lipinski definition) is 1. The fourth-order valence-corrected chi connectivity index (χ4v) is 2.92. The Morgan fingerprint density at radius 1 is 1.35 bits per heavy atom. The van der Waals surface area contributed by atoms with Crippen molar-refractivity contribution in [3.8, 4) is 5.75 Å². The summed E-state index contributed by atoms with van der Waals surface area (Å²) in [7, 11) is 0. The summed E-state index contributed by atoms with van der Waals surface area (Å²) in [5.74, 6) is 1.67. The van der Waals surface area contributed by atoms with Crippen LogP contribution < -0.4 is 10.1 Å². The molecule has 112 valence electrons. The topological polar surface area (TPSA) is 21.3 Å². The van der Waals surface area contributed by atoms with Gasteiger partial charge in [-0.3, -0.25) is 0 Å². The summed E-state index contributed by atoms with van der Waals surface area (Å²) < 4.78 is 6.16. The van der Waals surface area contributed by atoms with Gasteiger partial charge in [0.1, 0.15) is 11.4 Å². The van der Waals surface area contributed by atoms with Crippen molar-refractivity contribution in [2.24, 2.45) is 0 Å². The molecule has 0 spiro atoms. The number of nitrogens with one attached hydrogen (secondary N) is 1. The second-order valence-electron chi connectivity index (χ2n) is 6.68. The summed E-state index contributed by atoms with van der Waals surface area (Å²) in [4.78, 5) is 0. The zero-order valence-corrected chi connectivity index (χ0v) is 13.6. The van der Waals surface area contributed by atoms with Crippen LogP contribution in [0.3, 0.4) is 0 Å². The lowest BCUT2D eigenvalue weighted by molar-refractivity contribution is 0.0660. The summed E-state index contributed by atoms with van der Waals surface area (Å²) in [6, 6.07) is 7.16. The van der Waals surface area contributed by atoms with Gasteiger partial charge in [-0.05, 0) is 50.8 Å². The minimum Gasteiger partial charge on any atom is -0.487 e. The first-order chi connectivity index (χ1) is 9.46. The number of ether oxygens (including phenoxy) is 1. The first-order valence-corrected chi connectivity index (χ1v) is 8.03. The molecule has 1 aliphatic heterocycles. The van der Waals surface area contributed by atoms with E-state index in [1.54, 1.807) is 0 Å². The van der Waals surface area contributed by atoms with E-state index in [-0.39, 0.29) is 5.60 Å². The van der Waals surface area contributed by atoms with Gasteiger partial charge in [0, 0.05) is 18.0 Å². The van der Waals surface area contributed by atoms with Crippen LogP contribution in [-0.2, 0) is 0 Å². The Labute approximate surface area is 123 Å². The first-order valence-electron chi connectivity index (χ1n) is 8.03. The van der Waals surface area contributed by atoms with Crippen LogP contribution in [0.4, 0.5) is 0 Å². The van der Waals surface area contributed by atoms with Crippen molar-refractivity contribution in [1.82, 2.24) is 5.32 Å². The van der Waals surface area contributed by atoms with Gasteiger partial charge in [0.25, 0.3) is 0 Å². The highest BCUT2D eigenvalue weighted by atomic mass is 16.5. The number of fused-ring (bicyclic) bond motifs is 1. The van der Waals surface area contributed by atoms with E-state index in [4.69, 9.17) is 4.74 Å². The van der Waals surface area contributed by atoms with Crippen LogP contribution in [-0.4, -0.2) is 12.1 Å². The molecule has 0 aromatic heterocycles. The predicted octanol–water partition coefficient (Wildman–Crippen LogP) is 4.80. The average molecular weight is 275 g/mol. The summed E-state index contributed by atoms with van der Waals surface area (Å²) >= 11 is 0. The van der Waals surface area contributed by atoms with Gasteiger partial charge in [0.2, 0.25) is 0 Å². The molecule has 1 aromatic rings. The number of benzene rings is 1. The van der Waals surface area contributed by atoms with Crippen LogP contribution in [0.25, 0.3) is 0 Å². The zero-order valence-electron chi connectivity index (χ0n) is 13.6. The Hall–Kier alpha value is -1.02. The van der Waals surface area contributed by atoms with E-state index in [9.17, 15) is 0 Å². The summed E-state index contributed by atoms with van der Waals surface area (Å²) in [5, 5.41) is 3.69. The molecule has 20 heavy (non-hydrogen) atoms. The second-order valence-corrected chi connectivity index (χ2v) is 6.68. The van der Waals surface area contributed by atoms with E-state index < -0.39 is 0 Å². The van der Waals surface area contributed by atoms with E-state index in [0.29, 0.717) is 12.0 Å². The van der Waals surface area contributed by atoms with Gasteiger partial charge in [-0.25, -0.2) is 0 Å². The SMILES string of the molecule is CCCNC1CC(C)(C)Oc2ccc(C(C)CC)cc21. The van der Waals surface area contributed by atoms with Gasteiger partial charge in [0.15, 0.2) is 0 Å². The molecule has 0 radical (unpaired) electrons. The van der Waals surface area contributed by atoms with Crippen LogP contribution in [0.1, 0.15) is 77.0 Å². The lowest BCUT2D eigenvalue weighted by Gasteiger charge is -2.38. The normalized spacial score (nSPS) is 21.9. The Bertz CT molecular complexity index is 453. The van der Waals surface area contributed by atoms with Gasteiger partial charge in [-0.2, -0.15) is 0 Å². The summed E-state index contributed by atoms with van der Waals surface area (Å²) in [6.45, 7) is 12.2. The first kappa shape index (κ1) is 15.4. The van der Waals surface area contributed by atoms with Gasteiger partial charge in [-0.1, -0.05) is 32.9 Å². The molecule has 0 bridgehead atoms. The Morgan fingerprint density at radius 2 is 2.10 bits per heavy atom. The highest BCUT2D eigenvalue weighted by Crippen LogP contribution is 2.40. The highest BCUT2D eigenvalue weighted by molar-refractivity contribution is 5.42. The molecule has 1 aliphatic rings. The third-order valence-corrected chi connectivity index (χ3v) is 4.31. The smallest absolute Gasteiger partial charge is 0.124 e. The molecule has 2 rings (SSSR count). The van der Waals surface area contributed by atoms with Gasteiger partial charge in [-0.15, -0.1) is 0 Å². The third kappa shape index (κ3) is 3.35. The highest BCUT2D eigenvalue weighted by Gasteiger charge is 2.33. The molecule has 1 N–H and O–H groups in total. The van der Waals surface area contributed by atoms with Crippen molar-refractivity contribution >= 4 is 0 Å². The van der Waals surface area contributed by atoms with Crippen LogP contribution >= 0.6 is 0 Å². The molecule has 2 atom stereocenters. The van der Waals surface area contributed by atoms with Crippen molar-refractivity contribution in [2.75, 3.05) is 6.54 Å². The molecule has 1 heterocycles. The average Bonchev–Trinajstić information content (AvgIpc) is 2.42. The van der Waals surface area contributed by atoms with Gasteiger partial charge >= 0.3 is 0 Å². The molecule has 0 amide bonds. The van der Waals surface area contributed by atoms with Crippen molar-refractivity contribution in [3.05, 3.63) is 29.3 Å². The monoisotopic (exact) mass is 275 g/mol. The fraction of sp³-hybridized carbons (Fsp3) is 0.667. The third-order valence-electron chi connectivity index (χ3n) is 4.31. The van der Waals surface area contributed by atoms with Crippen LogP contribution in [0.15, 0.2) is 18.2 Å². The second kappa shape index (κ2) is 6.17. The maximum Gasteiger partial charge on any atom is 0.124 e. The van der Waals surface area contributed by atoms with Crippen molar-refractivity contribution in [3.63, 3.8) is 0 Å². The van der Waals surface area contributed by atoms with E-state index >= 15 is 0 Å². The van der Waals surface area contributed by atoms with Crippen LogP contribution in [0, 0.1) is 0 Å². The van der Waals surface area contributed by atoms with Gasteiger partial charge in [0.05, 0.1) is 0 Å². The summed E-state index contributed by atoms with van der Waals surface area (Å²) in [5.41, 5.74) is 2.68. The Balaban J connectivity index is 2.33. The molecule has 0 fully saturated rings. The maximum atomic E-state index is 6.16. The minimum absolute atomic E-state index is 0.0870. The maximum absolute atomic E-state index is 6.16. The zero-order chi connectivity index (χ0) is 14.8. The van der Waals surface area contributed by atoms with E-state index in [1.807, 2.05) is 0 Å². The summed E-state index contributed by atoms with van der Waals surface area (Å²) in [6.07, 6.45) is 3.38. The molecule has 1 aromatic carbocycles. The van der Waals surface area contributed by atoms with Crippen LogP contribution in [0.5, 0.6) is 5.75 Å². The lowest BCUT2D eigenvalue weighted by Crippen LogP contribution is -2.39. The Morgan fingerprint density at radius 3 is 2.75 bits per heavy atom. The molecule has 2 unspecified atom stereocenters. The quantitative estimate of drug-likeness (QED) is 0.833. The molecular weight excluding hydrogens is 246 g/mol. The van der Waals surface area contributed by atoms with E-state index in [1.165, 1.54) is 17.5 Å². The minimum atomic E-state index is -0.0870. The van der Waals surface area contributed by atoms with Crippen LogP contribution in [0.2, 0.25) is 0 Å². The molecule has 2 heteroatoms.